The zero-order chi connectivity index (χ0) is 34.0. The van der Waals surface area contributed by atoms with Gasteiger partial charge in [0.25, 0.3) is 0 Å². The van der Waals surface area contributed by atoms with Crippen molar-refractivity contribution in [2.75, 3.05) is 0 Å². The van der Waals surface area contributed by atoms with Crippen molar-refractivity contribution in [1.29, 1.82) is 0 Å². The maximum Gasteiger partial charge on any atom is 0.236 e. The van der Waals surface area contributed by atoms with Gasteiger partial charge in [0.1, 0.15) is 16.8 Å². The van der Waals surface area contributed by atoms with Crippen LogP contribution < -0.4 is 0 Å². The van der Waals surface area contributed by atoms with Crippen LogP contribution in [0.2, 0.25) is 0 Å². The topological polar surface area (TPSA) is 43.9 Å². The summed E-state index contributed by atoms with van der Waals surface area (Å²) in [7, 11) is 0. The summed E-state index contributed by atoms with van der Waals surface area (Å²) in [4.78, 5) is 13.3. The largest absolute Gasteiger partial charge is 0.452 e. The van der Waals surface area contributed by atoms with Crippen LogP contribution in [0, 0.1) is 0 Å². The van der Waals surface area contributed by atoms with E-state index < -0.39 is 5.41 Å². The highest BCUT2D eigenvalue weighted by Crippen LogP contribution is 2.62. The van der Waals surface area contributed by atoms with Crippen LogP contribution in [0.25, 0.3) is 72.2 Å². The van der Waals surface area contributed by atoms with E-state index in [1.54, 1.807) is 0 Å². The van der Waals surface area contributed by atoms with E-state index in [9.17, 15) is 0 Å². The average Bonchev–Trinajstić information content (AvgIpc) is 3.84. The Bertz CT molecular complexity index is 3070. The summed E-state index contributed by atoms with van der Waals surface area (Å²) in [5.74, 6) is 0.620. The van der Waals surface area contributed by atoms with Crippen molar-refractivity contribution in [3.63, 3.8) is 0 Å². The van der Waals surface area contributed by atoms with Crippen molar-refractivity contribution in [2.45, 2.75) is 15.2 Å². The second-order valence-corrected chi connectivity index (χ2v) is 14.8. The summed E-state index contributed by atoms with van der Waals surface area (Å²) in [6.07, 6.45) is 0. The number of hydrogen-bond acceptors (Lipinski definition) is 4. The molecule has 0 radical (unpaired) electrons. The lowest BCUT2D eigenvalue weighted by Gasteiger charge is -2.39. The van der Waals surface area contributed by atoms with Gasteiger partial charge in [0.15, 0.2) is 5.58 Å². The predicted octanol–water partition coefficient (Wildman–Crippen LogP) is 12.0. The van der Waals surface area contributed by atoms with Crippen molar-refractivity contribution in [1.82, 2.24) is 14.5 Å². The Kier molecular flexibility index (Phi) is 5.61. The van der Waals surface area contributed by atoms with E-state index in [0.717, 1.165) is 38.8 Å². The Morgan fingerprint density at radius 2 is 1.15 bits per heavy atom. The number of nitrogens with zero attached hydrogens (tertiary/aromatic N) is 3. The van der Waals surface area contributed by atoms with E-state index in [1.807, 2.05) is 48.2 Å². The lowest BCUT2D eigenvalue weighted by Crippen LogP contribution is -2.32. The van der Waals surface area contributed by atoms with Crippen molar-refractivity contribution in [3.8, 4) is 28.3 Å². The number of benzene rings is 7. The van der Waals surface area contributed by atoms with Crippen LogP contribution in [0.3, 0.4) is 0 Å². The molecule has 1 spiro atoms. The highest BCUT2D eigenvalue weighted by atomic mass is 32.2. The first-order chi connectivity index (χ1) is 25.8. The monoisotopic (exact) mass is 681 g/mol. The normalized spacial score (nSPS) is 13.8. The minimum Gasteiger partial charge on any atom is -0.452 e. The molecule has 0 fully saturated rings. The minimum atomic E-state index is -0.486. The molecule has 242 valence electrons. The molecule has 1 aliphatic carbocycles. The van der Waals surface area contributed by atoms with Gasteiger partial charge in [-0.25, -0.2) is 9.97 Å². The SMILES string of the molecule is c1ccc(-c2nc(-n3c4ccccc4c4cc5c(cc43)C3(c4ccccc4S5)c4ccccc4-c4ccccc43)nc3c2oc2ccccc23)cc1. The van der Waals surface area contributed by atoms with Crippen molar-refractivity contribution < 1.29 is 4.42 Å². The number of hydrogen-bond donors (Lipinski definition) is 0. The fourth-order valence-electron chi connectivity index (χ4n) is 9.00. The van der Waals surface area contributed by atoms with E-state index in [-0.39, 0.29) is 0 Å². The third-order valence-corrected chi connectivity index (χ3v) is 12.2. The molecular weight excluding hydrogens is 655 g/mol. The van der Waals surface area contributed by atoms with Crippen LogP contribution >= 0.6 is 11.8 Å². The van der Waals surface area contributed by atoms with E-state index in [4.69, 9.17) is 14.4 Å². The molecule has 12 rings (SSSR count). The molecule has 7 aromatic carbocycles. The van der Waals surface area contributed by atoms with E-state index >= 15 is 0 Å². The van der Waals surface area contributed by atoms with Gasteiger partial charge in [0.2, 0.25) is 5.95 Å². The van der Waals surface area contributed by atoms with Gasteiger partial charge in [-0.2, -0.15) is 0 Å². The Hall–Kier alpha value is -6.43. The summed E-state index contributed by atoms with van der Waals surface area (Å²) < 4.78 is 8.75. The standard InChI is InChI=1S/C47H27N3OS/c1-2-14-28(15-3-1)43-45-44(32-19-7-12-24-40(32)51-45)49-46(48-43)50-38-23-11-6-18-31(38)33-26-42-37(27-39(33)50)47(36-22-10-13-25-41(36)52-42)34-20-8-4-16-29(34)30-17-5-9-21-35(30)47/h1-27H. The number of para-hydroxylation sites is 2. The van der Waals surface area contributed by atoms with Gasteiger partial charge in [-0.1, -0.05) is 139 Å². The highest BCUT2D eigenvalue weighted by molar-refractivity contribution is 7.99. The van der Waals surface area contributed by atoms with Gasteiger partial charge < -0.3 is 4.42 Å². The lowest BCUT2D eigenvalue weighted by atomic mass is 9.67. The average molecular weight is 682 g/mol. The lowest BCUT2D eigenvalue weighted by molar-refractivity contribution is 0.666. The summed E-state index contributed by atoms with van der Waals surface area (Å²) >= 11 is 1.87. The second-order valence-electron chi connectivity index (χ2n) is 13.7. The fraction of sp³-hybridized carbons (Fsp3) is 0.0213. The summed E-state index contributed by atoms with van der Waals surface area (Å²) in [5.41, 5.74) is 13.5. The fourth-order valence-corrected chi connectivity index (χ4v) is 10.2. The van der Waals surface area contributed by atoms with E-state index in [2.05, 4.69) is 132 Å². The first-order valence-corrected chi connectivity index (χ1v) is 18.4. The van der Waals surface area contributed by atoms with E-state index in [0.29, 0.717) is 11.5 Å². The van der Waals surface area contributed by atoms with Gasteiger partial charge >= 0.3 is 0 Å². The number of furan rings is 1. The molecular formula is C47H27N3OS. The van der Waals surface area contributed by atoms with Gasteiger partial charge in [-0.3, -0.25) is 4.57 Å². The zero-order valence-corrected chi connectivity index (χ0v) is 28.6. The molecule has 5 heteroatoms. The van der Waals surface area contributed by atoms with Crippen LogP contribution in [-0.2, 0) is 5.41 Å². The van der Waals surface area contributed by atoms with E-state index in [1.165, 1.54) is 53.9 Å². The zero-order valence-electron chi connectivity index (χ0n) is 27.7. The summed E-state index contributed by atoms with van der Waals surface area (Å²) in [6, 6.07) is 58.9. The van der Waals surface area contributed by atoms with Crippen LogP contribution in [-0.4, -0.2) is 14.5 Å². The molecule has 0 unspecified atom stereocenters. The maximum absolute atomic E-state index is 6.49. The molecule has 0 saturated heterocycles. The predicted molar refractivity (Wildman–Crippen MR) is 211 cm³/mol. The first-order valence-electron chi connectivity index (χ1n) is 17.6. The molecule has 1 aliphatic heterocycles. The minimum absolute atomic E-state index is 0.486. The summed E-state index contributed by atoms with van der Waals surface area (Å²) in [6.45, 7) is 0. The van der Waals surface area contributed by atoms with Crippen molar-refractivity contribution in [2.24, 2.45) is 0 Å². The maximum atomic E-state index is 6.49. The molecule has 0 N–H and O–H groups in total. The van der Waals surface area contributed by atoms with Gasteiger partial charge in [-0.05, 0) is 69.8 Å². The number of rotatable bonds is 2. The molecule has 0 bridgehead atoms. The van der Waals surface area contributed by atoms with Crippen LogP contribution in [0.15, 0.2) is 178 Å². The van der Waals surface area contributed by atoms with Gasteiger partial charge in [0.05, 0.1) is 16.4 Å². The molecule has 4 heterocycles. The highest BCUT2D eigenvalue weighted by Gasteiger charge is 2.50. The molecule has 2 aliphatic rings. The Morgan fingerprint density at radius 1 is 0.500 bits per heavy atom. The van der Waals surface area contributed by atoms with Gasteiger partial charge in [-0.15, -0.1) is 0 Å². The number of aromatic nitrogens is 3. The Labute approximate surface area is 303 Å². The number of fused-ring (bicyclic) bond motifs is 15. The van der Waals surface area contributed by atoms with Crippen molar-refractivity contribution >= 4 is 55.6 Å². The molecule has 0 atom stereocenters. The third-order valence-electron chi connectivity index (χ3n) is 11.1. The van der Waals surface area contributed by atoms with Gasteiger partial charge in [0, 0.05) is 31.5 Å². The summed E-state index contributed by atoms with van der Waals surface area (Å²) in [5, 5.41) is 3.32. The smallest absolute Gasteiger partial charge is 0.236 e. The molecule has 10 aromatic rings. The third kappa shape index (κ3) is 3.58. The Balaban J connectivity index is 1.23. The Morgan fingerprint density at radius 3 is 1.96 bits per heavy atom. The molecule has 3 aromatic heterocycles. The van der Waals surface area contributed by atoms with Crippen LogP contribution in [0.5, 0.6) is 0 Å². The van der Waals surface area contributed by atoms with Crippen molar-refractivity contribution in [3.05, 3.63) is 186 Å². The molecule has 4 nitrogen and oxygen atoms in total. The second kappa shape index (κ2) is 10.3. The van der Waals surface area contributed by atoms with Crippen LogP contribution in [0.1, 0.15) is 22.3 Å². The first kappa shape index (κ1) is 28.3. The van der Waals surface area contributed by atoms with Crippen LogP contribution in [0.4, 0.5) is 0 Å². The molecule has 0 saturated carbocycles. The molecule has 0 amide bonds. The molecule has 52 heavy (non-hydrogen) atoms. The quantitative estimate of drug-likeness (QED) is 0.182.